The highest BCUT2D eigenvalue weighted by Gasteiger charge is 2.27. The van der Waals surface area contributed by atoms with E-state index in [-0.39, 0.29) is 12.5 Å². The first-order valence-corrected chi connectivity index (χ1v) is 12.5. The molecule has 9 nitrogen and oxygen atoms in total. The summed E-state index contributed by atoms with van der Waals surface area (Å²) in [6.45, 7) is 7.92. The number of hydrogen-bond acceptors (Lipinski definition) is 7. The molecule has 1 amide bonds. The van der Waals surface area contributed by atoms with Gasteiger partial charge in [0.25, 0.3) is 0 Å². The highest BCUT2D eigenvalue weighted by atomic mass is 35.5. The van der Waals surface area contributed by atoms with E-state index in [0.29, 0.717) is 37.0 Å². The second-order valence-electron chi connectivity index (χ2n) is 10.3. The summed E-state index contributed by atoms with van der Waals surface area (Å²) < 4.78 is 7.25. The number of anilines is 1. The molecule has 1 aliphatic rings. The van der Waals surface area contributed by atoms with Crippen molar-refractivity contribution in [3.05, 3.63) is 65.1 Å². The zero-order valence-electron chi connectivity index (χ0n) is 21.1. The minimum Gasteiger partial charge on any atom is -0.443 e. The van der Waals surface area contributed by atoms with Gasteiger partial charge in [0, 0.05) is 47.7 Å². The molecule has 1 saturated heterocycles. The number of fused-ring (bicyclic) bond motifs is 2. The van der Waals surface area contributed by atoms with Gasteiger partial charge in [-0.3, -0.25) is 9.69 Å². The molecular weight excluding hydrogens is 492 g/mol. The lowest BCUT2D eigenvalue weighted by molar-refractivity contribution is -0.136. The van der Waals surface area contributed by atoms with E-state index >= 15 is 0 Å². The second-order valence-corrected chi connectivity index (χ2v) is 10.7. The van der Waals surface area contributed by atoms with Crippen LogP contribution in [0, 0.1) is 0 Å². The van der Waals surface area contributed by atoms with Crippen LogP contribution in [0.2, 0.25) is 5.02 Å². The molecule has 5 rings (SSSR count). The monoisotopic (exact) mass is 520 g/mol. The molecule has 0 aliphatic carbocycles. The predicted molar refractivity (Wildman–Crippen MR) is 143 cm³/mol. The summed E-state index contributed by atoms with van der Waals surface area (Å²) in [6, 6.07) is 13.1. The van der Waals surface area contributed by atoms with Crippen LogP contribution in [0.1, 0.15) is 32.0 Å². The van der Waals surface area contributed by atoms with Gasteiger partial charge >= 0.3 is 6.09 Å². The number of piperazine rings is 1. The maximum Gasteiger partial charge on any atom is 0.419 e. The van der Waals surface area contributed by atoms with Crippen molar-refractivity contribution < 1.29 is 14.3 Å². The first kappa shape index (κ1) is 25.0. The Hall–Kier alpha value is -3.69. The van der Waals surface area contributed by atoms with Crippen molar-refractivity contribution in [2.75, 3.05) is 25.4 Å². The van der Waals surface area contributed by atoms with E-state index < -0.39 is 11.7 Å². The Morgan fingerprint density at radius 3 is 2.65 bits per heavy atom. The molecule has 192 valence electrons. The molecule has 1 fully saturated rings. The van der Waals surface area contributed by atoms with Crippen LogP contribution < -0.4 is 5.73 Å². The molecule has 2 N–H and O–H groups in total. The van der Waals surface area contributed by atoms with E-state index in [9.17, 15) is 9.59 Å². The lowest BCUT2D eigenvalue weighted by Crippen LogP contribution is -2.49. The third-order valence-corrected chi connectivity index (χ3v) is 6.54. The van der Waals surface area contributed by atoms with Gasteiger partial charge in [-0.2, -0.15) is 0 Å². The van der Waals surface area contributed by atoms with E-state index in [1.165, 1.54) is 6.33 Å². The summed E-state index contributed by atoms with van der Waals surface area (Å²) in [5.74, 6) is 0.462. The first-order valence-electron chi connectivity index (χ1n) is 12.1. The largest absolute Gasteiger partial charge is 0.443 e. The fourth-order valence-electron chi connectivity index (χ4n) is 4.61. The minimum atomic E-state index is -0.639. The molecule has 0 bridgehead atoms. The molecule has 2 aromatic heterocycles. The van der Waals surface area contributed by atoms with Gasteiger partial charge in [0.05, 0.1) is 17.6 Å². The zero-order chi connectivity index (χ0) is 26.3. The Balaban J connectivity index is 1.32. The van der Waals surface area contributed by atoms with Crippen LogP contribution >= 0.6 is 11.6 Å². The highest BCUT2D eigenvalue weighted by Crippen LogP contribution is 2.26. The standard InChI is InChI=1S/C27H29ClN6O3/c1-27(2,3)37-26(36)34-20(12-18-11-19(28)5-7-23(18)34)14-32-8-9-33(24(35)15-32)13-17-4-6-21-22(10-17)30-16-31-25(21)29/h4-7,10-12,16H,8-9,13-15H2,1-3H3,(H2,29,30,31). The third-order valence-electron chi connectivity index (χ3n) is 6.30. The Bertz CT molecular complexity index is 1510. The number of halogens is 1. The van der Waals surface area contributed by atoms with Crippen molar-refractivity contribution in [2.45, 2.75) is 39.5 Å². The smallest absolute Gasteiger partial charge is 0.419 e. The van der Waals surface area contributed by atoms with Crippen molar-refractivity contribution in [3.63, 3.8) is 0 Å². The summed E-state index contributed by atoms with van der Waals surface area (Å²) in [5, 5.41) is 2.23. The minimum absolute atomic E-state index is 0.0246. The van der Waals surface area contributed by atoms with Crippen LogP contribution in [0.3, 0.4) is 0 Å². The average Bonchev–Trinajstić information content (AvgIpc) is 3.16. The summed E-state index contributed by atoms with van der Waals surface area (Å²) in [7, 11) is 0. The van der Waals surface area contributed by atoms with Gasteiger partial charge in [-0.25, -0.2) is 19.3 Å². The number of nitrogens with two attached hydrogens (primary N) is 1. The lowest BCUT2D eigenvalue weighted by atomic mass is 10.1. The molecule has 3 heterocycles. The molecule has 2 aromatic carbocycles. The molecule has 1 aliphatic heterocycles. The van der Waals surface area contributed by atoms with E-state index in [4.69, 9.17) is 22.1 Å². The third kappa shape index (κ3) is 5.38. The van der Waals surface area contributed by atoms with E-state index in [1.54, 1.807) is 10.6 Å². The Kier molecular flexibility index (Phi) is 6.51. The maximum atomic E-state index is 13.1. The molecule has 0 radical (unpaired) electrons. The number of carbonyl (C=O) groups is 2. The molecule has 4 aromatic rings. The van der Waals surface area contributed by atoms with E-state index in [0.717, 1.165) is 33.1 Å². The van der Waals surface area contributed by atoms with E-state index in [2.05, 4.69) is 9.97 Å². The van der Waals surface area contributed by atoms with Crippen molar-refractivity contribution in [1.29, 1.82) is 0 Å². The van der Waals surface area contributed by atoms with Crippen LogP contribution in [0.15, 0.2) is 48.8 Å². The van der Waals surface area contributed by atoms with Gasteiger partial charge in [0.2, 0.25) is 5.91 Å². The van der Waals surface area contributed by atoms with Crippen molar-refractivity contribution in [2.24, 2.45) is 0 Å². The highest BCUT2D eigenvalue weighted by molar-refractivity contribution is 6.31. The van der Waals surface area contributed by atoms with Crippen LogP contribution in [0.25, 0.3) is 21.8 Å². The van der Waals surface area contributed by atoms with Crippen LogP contribution in [-0.4, -0.2) is 61.6 Å². The second kappa shape index (κ2) is 9.64. The number of nitrogens with zero attached hydrogens (tertiary/aromatic N) is 5. The fraction of sp³-hybridized carbons (Fsp3) is 0.333. The van der Waals surface area contributed by atoms with Crippen molar-refractivity contribution in [1.82, 2.24) is 24.3 Å². The van der Waals surface area contributed by atoms with Gasteiger partial charge in [-0.1, -0.05) is 17.7 Å². The number of hydrogen-bond donors (Lipinski definition) is 1. The molecular formula is C27H29ClN6O3. The molecule has 0 spiro atoms. The number of rotatable bonds is 4. The fourth-order valence-corrected chi connectivity index (χ4v) is 4.79. The lowest BCUT2D eigenvalue weighted by Gasteiger charge is -2.34. The predicted octanol–water partition coefficient (Wildman–Crippen LogP) is 4.45. The average molecular weight is 521 g/mol. The Morgan fingerprint density at radius 2 is 1.89 bits per heavy atom. The van der Waals surface area contributed by atoms with E-state index in [1.807, 2.05) is 67.0 Å². The number of carbonyl (C=O) groups excluding carboxylic acids is 2. The van der Waals surface area contributed by atoms with Crippen LogP contribution in [0.4, 0.5) is 10.6 Å². The zero-order valence-corrected chi connectivity index (χ0v) is 21.8. The quantitative estimate of drug-likeness (QED) is 0.423. The Morgan fingerprint density at radius 1 is 1.08 bits per heavy atom. The summed E-state index contributed by atoms with van der Waals surface area (Å²) in [4.78, 5) is 38.4. The molecule has 0 atom stereocenters. The molecule has 10 heteroatoms. The van der Waals surface area contributed by atoms with Crippen molar-refractivity contribution >= 4 is 51.2 Å². The summed E-state index contributed by atoms with van der Waals surface area (Å²) >= 11 is 6.20. The number of aromatic nitrogens is 3. The van der Waals surface area contributed by atoms with Gasteiger partial charge in [0.1, 0.15) is 17.7 Å². The van der Waals surface area contributed by atoms with Gasteiger partial charge in [-0.05, 0) is 62.7 Å². The SMILES string of the molecule is CC(C)(C)OC(=O)n1c(CN2CCN(Cc3ccc4c(N)ncnc4c3)C(=O)C2)cc2cc(Cl)ccc21. The van der Waals surface area contributed by atoms with Gasteiger partial charge in [-0.15, -0.1) is 0 Å². The van der Waals surface area contributed by atoms with Gasteiger partial charge < -0.3 is 15.4 Å². The maximum absolute atomic E-state index is 13.1. The molecule has 37 heavy (non-hydrogen) atoms. The van der Waals surface area contributed by atoms with Gasteiger partial charge in [0.15, 0.2) is 0 Å². The summed E-state index contributed by atoms with van der Waals surface area (Å²) in [6.07, 6.45) is 0.987. The summed E-state index contributed by atoms with van der Waals surface area (Å²) in [5.41, 5.74) is 8.49. The van der Waals surface area contributed by atoms with Crippen molar-refractivity contribution in [3.8, 4) is 0 Å². The van der Waals surface area contributed by atoms with Crippen LogP contribution in [0.5, 0.6) is 0 Å². The normalized spacial score (nSPS) is 15.0. The van der Waals surface area contributed by atoms with Crippen LogP contribution in [-0.2, 0) is 22.6 Å². The topological polar surface area (TPSA) is 107 Å². The number of amides is 1. The number of benzene rings is 2. The first-order chi connectivity index (χ1) is 17.6. The number of ether oxygens (including phenoxy) is 1. The molecule has 0 saturated carbocycles. The molecule has 0 unspecified atom stereocenters. The Labute approximate surface area is 219 Å². The number of nitrogen functional groups attached to an aromatic ring is 1.